The van der Waals surface area contributed by atoms with Crippen molar-refractivity contribution in [3.05, 3.63) is 87.8 Å². The van der Waals surface area contributed by atoms with E-state index in [9.17, 15) is 36.3 Å². The number of carboxylic acids is 1. The third-order valence-electron chi connectivity index (χ3n) is 7.59. The second kappa shape index (κ2) is 15.4. The van der Waals surface area contributed by atoms with Crippen molar-refractivity contribution < 1.29 is 50.9 Å². The number of nitrogens with one attached hydrogen (secondary N) is 1. The number of aromatic carboxylic acids is 1. The van der Waals surface area contributed by atoms with Gasteiger partial charge in [-0.2, -0.15) is 13.2 Å². The highest BCUT2D eigenvalue weighted by molar-refractivity contribution is 8.26. The first kappa shape index (κ1) is 35.9. The van der Waals surface area contributed by atoms with Crippen LogP contribution >= 0.6 is 24.0 Å². The Hall–Kier alpha value is -4.38. The number of hydrogen-bond donors (Lipinski definition) is 2. The molecule has 9 nitrogen and oxygen atoms in total. The first-order valence-electron chi connectivity index (χ1n) is 14.8. The number of carboxylic acid groups (broad SMARTS) is 1. The number of carbonyl (C=O) groups excluding carboxylic acids is 2. The molecule has 0 radical (unpaired) electrons. The standard InChI is InChI=1S/C33H28F5N3O6S2/c34-25-5-2-21(33(36,37)38)17-24(25)19-1-6-27(47-14-11-40-9-12-46-13-10-40)20(15-19)16-28-30(43)41(32(48)49-28)8-7-29(42)39-22-3-4-23(31(44)45)26(35)18-22/h1-6,15-18H,7-14H2,(H,39,42)(H,44,45). The van der Waals surface area contributed by atoms with Crippen molar-refractivity contribution in [2.75, 3.05) is 51.3 Å². The first-order valence-corrected chi connectivity index (χ1v) is 16.0. The summed E-state index contributed by atoms with van der Waals surface area (Å²) in [4.78, 5) is 40.4. The maximum Gasteiger partial charge on any atom is 0.416 e. The zero-order valence-electron chi connectivity index (χ0n) is 25.5. The summed E-state index contributed by atoms with van der Waals surface area (Å²) in [6.45, 7) is 3.29. The van der Waals surface area contributed by atoms with Crippen molar-refractivity contribution in [2.45, 2.75) is 12.6 Å². The minimum atomic E-state index is -4.69. The number of amides is 2. The van der Waals surface area contributed by atoms with Crippen molar-refractivity contribution >= 4 is 57.8 Å². The molecule has 2 aliphatic rings. The van der Waals surface area contributed by atoms with Gasteiger partial charge < -0.3 is 19.9 Å². The number of halogens is 5. The maximum atomic E-state index is 14.8. The van der Waals surface area contributed by atoms with Gasteiger partial charge in [-0.1, -0.05) is 30.0 Å². The fourth-order valence-electron chi connectivity index (χ4n) is 5.03. The molecule has 2 amide bonds. The molecule has 0 saturated carbocycles. The molecule has 2 fully saturated rings. The molecule has 0 aromatic heterocycles. The molecule has 2 saturated heterocycles. The normalized spacial score (nSPS) is 16.3. The molecule has 258 valence electrons. The van der Waals surface area contributed by atoms with Gasteiger partial charge in [-0.25, -0.2) is 13.6 Å². The van der Waals surface area contributed by atoms with Gasteiger partial charge >= 0.3 is 12.1 Å². The van der Waals surface area contributed by atoms with Gasteiger partial charge in [0.05, 0.1) is 29.2 Å². The maximum absolute atomic E-state index is 14.8. The summed E-state index contributed by atoms with van der Waals surface area (Å²) in [5.41, 5.74) is -1.43. The van der Waals surface area contributed by atoms with Gasteiger partial charge in [0.1, 0.15) is 28.3 Å². The molecule has 0 unspecified atom stereocenters. The summed E-state index contributed by atoms with van der Waals surface area (Å²) in [7, 11) is 0. The molecule has 0 atom stereocenters. The van der Waals surface area contributed by atoms with Gasteiger partial charge in [0.25, 0.3) is 5.91 Å². The monoisotopic (exact) mass is 721 g/mol. The number of nitrogens with zero attached hydrogens (tertiary/aromatic N) is 2. The average Bonchev–Trinajstić information content (AvgIpc) is 3.31. The highest BCUT2D eigenvalue weighted by atomic mass is 32.2. The van der Waals surface area contributed by atoms with Gasteiger partial charge in [0.2, 0.25) is 5.91 Å². The van der Waals surface area contributed by atoms with E-state index in [-0.39, 0.29) is 45.6 Å². The van der Waals surface area contributed by atoms with E-state index in [0.717, 1.165) is 43.1 Å². The Balaban J connectivity index is 1.35. The Bertz CT molecular complexity index is 1810. The molecule has 2 aliphatic heterocycles. The number of carbonyl (C=O) groups is 3. The molecule has 2 heterocycles. The fourth-order valence-corrected chi connectivity index (χ4v) is 6.33. The van der Waals surface area contributed by atoms with Crippen LogP contribution < -0.4 is 10.1 Å². The predicted octanol–water partition coefficient (Wildman–Crippen LogP) is 6.29. The van der Waals surface area contributed by atoms with Gasteiger partial charge in [0.15, 0.2) is 0 Å². The van der Waals surface area contributed by atoms with Gasteiger partial charge in [-0.15, -0.1) is 0 Å². The lowest BCUT2D eigenvalue weighted by atomic mass is 9.99. The SMILES string of the molecule is O=C(CCN1C(=O)C(=Cc2cc(-c3cc(C(F)(F)F)ccc3F)ccc2OCCN2CCOCC2)SC1=S)Nc1ccc(C(=O)O)c(F)c1. The summed E-state index contributed by atoms with van der Waals surface area (Å²) in [5, 5.41) is 11.4. The Morgan fingerprint density at radius 1 is 1.02 bits per heavy atom. The van der Waals surface area contributed by atoms with Crippen LogP contribution in [-0.4, -0.2) is 83.0 Å². The average molecular weight is 722 g/mol. The number of ether oxygens (including phenoxy) is 2. The van der Waals surface area contributed by atoms with Crippen LogP contribution in [0.25, 0.3) is 17.2 Å². The third-order valence-corrected chi connectivity index (χ3v) is 8.97. The zero-order valence-corrected chi connectivity index (χ0v) is 27.2. The van der Waals surface area contributed by atoms with Crippen LogP contribution in [0.2, 0.25) is 0 Å². The number of alkyl halides is 3. The number of rotatable bonds is 11. The number of anilines is 1. The zero-order chi connectivity index (χ0) is 35.3. The van der Waals surface area contributed by atoms with Crippen LogP contribution in [0, 0.1) is 11.6 Å². The highest BCUT2D eigenvalue weighted by Crippen LogP contribution is 2.38. The van der Waals surface area contributed by atoms with E-state index in [1.807, 2.05) is 0 Å². The topological polar surface area (TPSA) is 108 Å². The Labute approximate surface area is 286 Å². The van der Waals surface area contributed by atoms with Gasteiger partial charge in [-0.3, -0.25) is 19.4 Å². The quantitative estimate of drug-likeness (QED) is 0.134. The molecule has 5 rings (SSSR count). The minimum Gasteiger partial charge on any atom is -0.492 e. The van der Waals surface area contributed by atoms with E-state index in [4.69, 9.17) is 26.8 Å². The lowest BCUT2D eigenvalue weighted by molar-refractivity contribution is -0.137. The predicted molar refractivity (Wildman–Crippen MR) is 176 cm³/mol. The number of hydrogen-bond acceptors (Lipinski definition) is 8. The fraction of sp³-hybridized carbons (Fsp3) is 0.273. The molecule has 0 spiro atoms. The van der Waals surface area contributed by atoms with Crippen LogP contribution in [0.1, 0.15) is 27.9 Å². The molecule has 3 aromatic carbocycles. The number of thioether (sulfide) groups is 1. The summed E-state index contributed by atoms with van der Waals surface area (Å²) < 4.78 is 80.7. The summed E-state index contributed by atoms with van der Waals surface area (Å²) >= 11 is 6.32. The highest BCUT2D eigenvalue weighted by Gasteiger charge is 2.33. The number of morpholine rings is 1. The summed E-state index contributed by atoms with van der Waals surface area (Å²) in [6.07, 6.45) is -3.48. The van der Waals surface area contributed by atoms with Crippen LogP contribution in [0.4, 0.5) is 27.6 Å². The van der Waals surface area contributed by atoms with E-state index < -0.39 is 46.7 Å². The Morgan fingerprint density at radius 2 is 1.78 bits per heavy atom. The first-order chi connectivity index (χ1) is 23.3. The second-order valence-corrected chi connectivity index (χ2v) is 12.6. The van der Waals surface area contributed by atoms with Crippen molar-refractivity contribution in [3.8, 4) is 16.9 Å². The molecule has 3 aromatic rings. The van der Waals surface area contributed by atoms with E-state index in [1.54, 1.807) is 0 Å². The van der Waals surface area contributed by atoms with Crippen molar-refractivity contribution in [2.24, 2.45) is 0 Å². The van der Waals surface area contributed by atoms with E-state index in [0.29, 0.717) is 43.2 Å². The van der Waals surface area contributed by atoms with Gasteiger partial charge in [0, 0.05) is 49.4 Å². The lowest BCUT2D eigenvalue weighted by Gasteiger charge is -2.26. The van der Waals surface area contributed by atoms with Crippen LogP contribution in [0.15, 0.2) is 59.5 Å². The lowest BCUT2D eigenvalue weighted by Crippen LogP contribution is -2.38. The van der Waals surface area contributed by atoms with Crippen molar-refractivity contribution in [3.63, 3.8) is 0 Å². The molecule has 16 heteroatoms. The smallest absolute Gasteiger partial charge is 0.416 e. The van der Waals surface area contributed by atoms with Crippen LogP contribution in [-0.2, 0) is 20.5 Å². The summed E-state index contributed by atoms with van der Waals surface area (Å²) in [5.74, 6) is -4.20. The molecule has 0 bridgehead atoms. The number of benzene rings is 3. The van der Waals surface area contributed by atoms with Crippen molar-refractivity contribution in [1.82, 2.24) is 9.80 Å². The molecular weight excluding hydrogens is 694 g/mol. The Morgan fingerprint density at radius 3 is 2.47 bits per heavy atom. The van der Waals surface area contributed by atoms with E-state index in [1.165, 1.54) is 35.2 Å². The Kier molecular flexibility index (Phi) is 11.3. The molecule has 2 N–H and O–H groups in total. The molecular formula is C33H28F5N3O6S2. The van der Waals surface area contributed by atoms with Gasteiger partial charge in [-0.05, 0) is 60.2 Å². The third kappa shape index (κ3) is 9.00. The molecule has 49 heavy (non-hydrogen) atoms. The minimum absolute atomic E-state index is 0.0241. The number of thiocarbonyl (C=S) groups is 1. The van der Waals surface area contributed by atoms with Crippen LogP contribution in [0.3, 0.4) is 0 Å². The summed E-state index contributed by atoms with van der Waals surface area (Å²) in [6, 6.07) is 9.58. The van der Waals surface area contributed by atoms with Crippen molar-refractivity contribution in [1.29, 1.82) is 0 Å². The molecule has 0 aliphatic carbocycles. The van der Waals surface area contributed by atoms with Crippen LogP contribution in [0.5, 0.6) is 5.75 Å². The second-order valence-electron chi connectivity index (χ2n) is 10.9. The largest absolute Gasteiger partial charge is 0.492 e. The van der Waals surface area contributed by atoms with E-state index in [2.05, 4.69) is 10.2 Å². The van der Waals surface area contributed by atoms with E-state index >= 15 is 0 Å².